The molecule has 0 bridgehead atoms. The van der Waals surface area contributed by atoms with E-state index < -0.39 is 5.54 Å². The van der Waals surface area contributed by atoms with Crippen molar-refractivity contribution < 1.29 is 4.79 Å². The van der Waals surface area contributed by atoms with E-state index in [1.165, 1.54) is 0 Å². The second kappa shape index (κ2) is 4.40. The van der Waals surface area contributed by atoms with Crippen molar-refractivity contribution in [2.45, 2.75) is 19.4 Å². The standard InChI is InChI=1S/C11H17N3O/c1-11(2,12-3)10(15)14(4)9-5-7-13-8-6-9/h5-8,12H,1-4H3. The minimum absolute atomic E-state index is 0.0243. The van der Waals surface area contributed by atoms with Gasteiger partial charge in [-0.05, 0) is 33.0 Å². The molecule has 0 radical (unpaired) electrons. The fourth-order valence-corrected chi connectivity index (χ4v) is 1.21. The van der Waals surface area contributed by atoms with Gasteiger partial charge in [0.1, 0.15) is 0 Å². The normalized spacial score (nSPS) is 11.2. The van der Waals surface area contributed by atoms with Crippen LogP contribution in [0.1, 0.15) is 13.8 Å². The maximum atomic E-state index is 12.0. The van der Waals surface area contributed by atoms with Crippen LogP contribution in [0.3, 0.4) is 0 Å². The number of likely N-dealkylation sites (N-methyl/N-ethyl adjacent to an activating group) is 2. The van der Waals surface area contributed by atoms with E-state index in [1.807, 2.05) is 26.0 Å². The molecule has 0 aliphatic heterocycles. The number of nitrogens with zero attached hydrogens (tertiary/aromatic N) is 2. The molecule has 1 heterocycles. The predicted molar refractivity (Wildman–Crippen MR) is 60.8 cm³/mol. The van der Waals surface area contributed by atoms with Gasteiger partial charge in [0, 0.05) is 25.1 Å². The lowest BCUT2D eigenvalue weighted by Gasteiger charge is -2.28. The van der Waals surface area contributed by atoms with Gasteiger partial charge in [0.25, 0.3) is 0 Å². The number of anilines is 1. The number of carbonyl (C=O) groups is 1. The lowest BCUT2D eigenvalue weighted by Crippen LogP contribution is -2.51. The first kappa shape index (κ1) is 11.7. The number of nitrogens with one attached hydrogen (secondary N) is 1. The Balaban J connectivity index is 2.87. The Hall–Kier alpha value is -1.42. The van der Waals surface area contributed by atoms with Crippen molar-refractivity contribution in [2.75, 3.05) is 19.0 Å². The molecule has 1 aromatic heterocycles. The van der Waals surface area contributed by atoms with Crippen molar-refractivity contribution in [3.05, 3.63) is 24.5 Å². The lowest BCUT2D eigenvalue weighted by molar-refractivity contribution is -0.123. The molecule has 0 atom stereocenters. The summed E-state index contributed by atoms with van der Waals surface area (Å²) in [7, 11) is 3.54. The third-order valence-corrected chi connectivity index (χ3v) is 2.51. The van der Waals surface area contributed by atoms with Gasteiger partial charge >= 0.3 is 0 Å². The first-order chi connectivity index (χ1) is 6.99. The van der Waals surface area contributed by atoms with Crippen molar-refractivity contribution in [3.63, 3.8) is 0 Å². The van der Waals surface area contributed by atoms with E-state index in [2.05, 4.69) is 10.3 Å². The van der Waals surface area contributed by atoms with Crippen LogP contribution in [0, 0.1) is 0 Å². The number of aromatic nitrogens is 1. The smallest absolute Gasteiger partial charge is 0.246 e. The Labute approximate surface area is 90.3 Å². The fraction of sp³-hybridized carbons (Fsp3) is 0.455. The second-order valence-electron chi connectivity index (χ2n) is 3.94. The van der Waals surface area contributed by atoms with Crippen molar-refractivity contribution >= 4 is 11.6 Å². The summed E-state index contributed by atoms with van der Waals surface area (Å²) in [5.74, 6) is 0.0243. The zero-order valence-electron chi connectivity index (χ0n) is 9.61. The monoisotopic (exact) mass is 207 g/mol. The minimum atomic E-state index is -0.558. The van der Waals surface area contributed by atoms with Crippen LogP contribution in [0.5, 0.6) is 0 Å². The second-order valence-corrected chi connectivity index (χ2v) is 3.94. The number of carbonyl (C=O) groups excluding carboxylic acids is 1. The summed E-state index contributed by atoms with van der Waals surface area (Å²) in [4.78, 5) is 17.6. The first-order valence-corrected chi connectivity index (χ1v) is 4.86. The van der Waals surface area contributed by atoms with Crippen LogP contribution in [0.15, 0.2) is 24.5 Å². The highest BCUT2D eigenvalue weighted by Crippen LogP contribution is 2.15. The molecule has 1 N–H and O–H groups in total. The molecule has 0 spiro atoms. The molecule has 0 aliphatic rings. The molecule has 0 aliphatic carbocycles. The highest BCUT2D eigenvalue weighted by Gasteiger charge is 2.28. The molecule has 15 heavy (non-hydrogen) atoms. The fourth-order valence-electron chi connectivity index (χ4n) is 1.21. The molecule has 4 nitrogen and oxygen atoms in total. The van der Waals surface area contributed by atoms with Gasteiger partial charge in [0.05, 0.1) is 5.54 Å². The van der Waals surface area contributed by atoms with Gasteiger partial charge in [-0.3, -0.25) is 9.78 Å². The molecule has 0 saturated heterocycles. The molecular weight excluding hydrogens is 190 g/mol. The highest BCUT2D eigenvalue weighted by molar-refractivity contribution is 5.99. The minimum Gasteiger partial charge on any atom is -0.314 e. The zero-order chi connectivity index (χ0) is 11.5. The van der Waals surface area contributed by atoms with Gasteiger partial charge in [-0.2, -0.15) is 0 Å². The van der Waals surface area contributed by atoms with Gasteiger partial charge in [0.2, 0.25) is 5.91 Å². The number of hydrogen-bond acceptors (Lipinski definition) is 3. The van der Waals surface area contributed by atoms with Gasteiger partial charge in [-0.25, -0.2) is 0 Å². The number of amides is 1. The molecule has 1 aromatic rings. The molecule has 0 saturated carbocycles. The van der Waals surface area contributed by atoms with Crippen LogP contribution in [0.2, 0.25) is 0 Å². The van der Waals surface area contributed by atoms with Crippen molar-refractivity contribution in [1.82, 2.24) is 10.3 Å². The quantitative estimate of drug-likeness (QED) is 0.805. The van der Waals surface area contributed by atoms with Crippen LogP contribution in [-0.2, 0) is 4.79 Å². The van der Waals surface area contributed by atoms with E-state index in [0.29, 0.717) is 0 Å². The summed E-state index contributed by atoms with van der Waals surface area (Å²) in [6.07, 6.45) is 3.34. The van der Waals surface area contributed by atoms with Crippen molar-refractivity contribution in [1.29, 1.82) is 0 Å². The van der Waals surface area contributed by atoms with Crippen LogP contribution < -0.4 is 10.2 Å². The van der Waals surface area contributed by atoms with Gasteiger partial charge in [0.15, 0.2) is 0 Å². The molecule has 4 heteroatoms. The predicted octanol–water partition coefficient (Wildman–Crippen LogP) is 1.04. The summed E-state index contributed by atoms with van der Waals surface area (Å²) in [6.45, 7) is 3.71. The molecule has 0 fully saturated rings. The van der Waals surface area contributed by atoms with Crippen LogP contribution in [0.25, 0.3) is 0 Å². The van der Waals surface area contributed by atoms with Crippen LogP contribution in [0.4, 0.5) is 5.69 Å². The maximum Gasteiger partial charge on any atom is 0.246 e. The van der Waals surface area contributed by atoms with E-state index in [-0.39, 0.29) is 5.91 Å². The van der Waals surface area contributed by atoms with Gasteiger partial charge < -0.3 is 10.2 Å². The van der Waals surface area contributed by atoms with Crippen molar-refractivity contribution in [2.24, 2.45) is 0 Å². The summed E-state index contributed by atoms with van der Waals surface area (Å²) < 4.78 is 0. The van der Waals surface area contributed by atoms with Crippen LogP contribution >= 0.6 is 0 Å². The molecule has 82 valence electrons. The van der Waals surface area contributed by atoms with E-state index in [0.717, 1.165) is 5.69 Å². The number of pyridine rings is 1. The first-order valence-electron chi connectivity index (χ1n) is 4.86. The Bertz CT molecular complexity index is 335. The molecule has 1 rings (SSSR count). The number of rotatable bonds is 3. The summed E-state index contributed by atoms with van der Waals surface area (Å²) in [5.41, 5.74) is 0.288. The topological polar surface area (TPSA) is 45.2 Å². The number of hydrogen-bond donors (Lipinski definition) is 1. The van der Waals surface area contributed by atoms with Crippen molar-refractivity contribution in [3.8, 4) is 0 Å². The average Bonchev–Trinajstić information content (AvgIpc) is 2.28. The molecular formula is C11H17N3O. The highest BCUT2D eigenvalue weighted by atomic mass is 16.2. The van der Waals surface area contributed by atoms with E-state index in [4.69, 9.17) is 0 Å². The van der Waals surface area contributed by atoms with E-state index in [1.54, 1.807) is 31.4 Å². The summed E-state index contributed by atoms with van der Waals surface area (Å²) in [5, 5.41) is 2.98. The SMILES string of the molecule is CNC(C)(C)C(=O)N(C)c1ccncc1. The average molecular weight is 207 g/mol. The zero-order valence-corrected chi connectivity index (χ0v) is 9.61. The van der Waals surface area contributed by atoms with Crippen LogP contribution in [-0.4, -0.2) is 30.5 Å². The Morgan fingerprint density at radius 2 is 1.93 bits per heavy atom. The van der Waals surface area contributed by atoms with E-state index in [9.17, 15) is 4.79 Å². The van der Waals surface area contributed by atoms with E-state index >= 15 is 0 Å². The molecule has 0 unspecified atom stereocenters. The van der Waals surface area contributed by atoms with Gasteiger partial charge in [-0.1, -0.05) is 0 Å². The lowest BCUT2D eigenvalue weighted by atomic mass is 10.0. The van der Waals surface area contributed by atoms with Gasteiger partial charge in [-0.15, -0.1) is 0 Å². The summed E-state index contributed by atoms with van der Waals surface area (Å²) >= 11 is 0. The Morgan fingerprint density at radius 1 is 1.40 bits per heavy atom. The maximum absolute atomic E-state index is 12.0. The molecule has 0 aromatic carbocycles. The largest absolute Gasteiger partial charge is 0.314 e. The Morgan fingerprint density at radius 3 is 2.40 bits per heavy atom. The third-order valence-electron chi connectivity index (χ3n) is 2.51. The summed E-state index contributed by atoms with van der Waals surface area (Å²) in [6, 6.07) is 3.62. The molecule has 1 amide bonds. The Kier molecular flexibility index (Phi) is 3.42. The third kappa shape index (κ3) is 2.53.